The number of benzene rings is 2. The summed E-state index contributed by atoms with van der Waals surface area (Å²) in [6, 6.07) is 14.7. The number of carbonyl (C=O) groups is 2. The quantitative estimate of drug-likeness (QED) is 0.931. The highest BCUT2D eigenvalue weighted by molar-refractivity contribution is 6.02. The first-order valence-corrected chi connectivity index (χ1v) is 8.45. The molecule has 0 saturated carbocycles. The highest BCUT2D eigenvalue weighted by atomic mass is 16.2. The van der Waals surface area contributed by atoms with Gasteiger partial charge in [0.15, 0.2) is 0 Å². The van der Waals surface area contributed by atoms with Gasteiger partial charge in [0, 0.05) is 25.0 Å². The molecule has 3 rings (SSSR count). The summed E-state index contributed by atoms with van der Waals surface area (Å²) in [7, 11) is 1.68. The van der Waals surface area contributed by atoms with Gasteiger partial charge in [0.25, 0.3) is 0 Å². The third-order valence-electron chi connectivity index (χ3n) is 4.75. The molecule has 1 N–H and O–H groups in total. The Labute approximate surface area is 148 Å². The summed E-state index contributed by atoms with van der Waals surface area (Å²) in [5.74, 6) is -0.0367. The Morgan fingerprint density at radius 3 is 2.36 bits per heavy atom. The fraction of sp³-hybridized carbons (Fsp3) is 0.300. The Balaban J connectivity index is 1.72. The van der Waals surface area contributed by atoms with Crippen LogP contribution in [0.25, 0.3) is 0 Å². The smallest absolute Gasteiger partial charge is 0.315 e. The zero-order valence-electron chi connectivity index (χ0n) is 14.8. The maximum absolute atomic E-state index is 12.7. The van der Waals surface area contributed by atoms with E-state index in [0.717, 1.165) is 22.5 Å². The number of aryl methyl sites for hydroxylation is 2. The molecule has 0 aromatic heterocycles. The van der Waals surface area contributed by atoms with Crippen molar-refractivity contribution < 1.29 is 9.59 Å². The Hall–Kier alpha value is -2.82. The maximum Gasteiger partial charge on any atom is 0.322 e. The SMILES string of the molecule is Cc1cccc(C)c1NC(=O)N(C)C1CCN(c2ccccc2)C1=O. The van der Waals surface area contributed by atoms with Gasteiger partial charge in [-0.05, 0) is 43.5 Å². The zero-order chi connectivity index (χ0) is 18.0. The van der Waals surface area contributed by atoms with E-state index in [4.69, 9.17) is 0 Å². The summed E-state index contributed by atoms with van der Waals surface area (Å²) in [6.45, 7) is 4.54. The zero-order valence-corrected chi connectivity index (χ0v) is 14.8. The first-order chi connectivity index (χ1) is 12.0. The molecule has 1 unspecified atom stereocenters. The lowest BCUT2D eigenvalue weighted by Gasteiger charge is -2.25. The van der Waals surface area contributed by atoms with Crippen LogP contribution in [0.15, 0.2) is 48.5 Å². The molecule has 1 heterocycles. The summed E-state index contributed by atoms with van der Waals surface area (Å²) in [5, 5.41) is 2.95. The predicted molar refractivity (Wildman–Crippen MR) is 99.9 cm³/mol. The van der Waals surface area contributed by atoms with Crippen LogP contribution in [-0.2, 0) is 4.79 Å². The summed E-state index contributed by atoms with van der Waals surface area (Å²) < 4.78 is 0. The molecule has 0 spiro atoms. The molecule has 1 aliphatic heterocycles. The van der Waals surface area contributed by atoms with Crippen molar-refractivity contribution in [2.24, 2.45) is 0 Å². The summed E-state index contributed by atoms with van der Waals surface area (Å²) in [4.78, 5) is 28.6. The van der Waals surface area contributed by atoms with Gasteiger partial charge in [0.1, 0.15) is 6.04 Å². The van der Waals surface area contributed by atoms with Crippen molar-refractivity contribution in [3.8, 4) is 0 Å². The number of hydrogen-bond donors (Lipinski definition) is 1. The molecule has 130 valence electrons. The summed E-state index contributed by atoms with van der Waals surface area (Å²) in [5.41, 5.74) is 3.69. The molecule has 2 aromatic carbocycles. The average molecular weight is 337 g/mol. The highest BCUT2D eigenvalue weighted by Crippen LogP contribution is 2.25. The van der Waals surface area contributed by atoms with Gasteiger partial charge in [-0.2, -0.15) is 0 Å². The minimum Gasteiger partial charge on any atom is -0.315 e. The largest absolute Gasteiger partial charge is 0.322 e. The summed E-state index contributed by atoms with van der Waals surface area (Å²) >= 11 is 0. The van der Waals surface area contributed by atoms with Crippen LogP contribution in [0.5, 0.6) is 0 Å². The van der Waals surface area contributed by atoms with E-state index < -0.39 is 6.04 Å². The van der Waals surface area contributed by atoms with Crippen LogP contribution in [0.3, 0.4) is 0 Å². The van der Waals surface area contributed by atoms with Gasteiger partial charge in [-0.3, -0.25) is 4.79 Å². The maximum atomic E-state index is 12.7. The molecular formula is C20H23N3O2. The number of likely N-dealkylation sites (N-methyl/N-ethyl adjacent to an activating group) is 1. The fourth-order valence-corrected chi connectivity index (χ4v) is 3.24. The average Bonchev–Trinajstić information content (AvgIpc) is 2.99. The van der Waals surface area contributed by atoms with E-state index in [1.54, 1.807) is 11.9 Å². The van der Waals surface area contributed by atoms with Gasteiger partial charge in [-0.25, -0.2) is 4.79 Å². The van der Waals surface area contributed by atoms with Gasteiger partial charge in [-0.1, -0.05) is 36.4 Å². The van der Waals surface area contributed by atoms with E-state index in [2.05, 4.69) is 5.32 Å². The van der Waals surface area contributed by atoms with Crippen LogP contribution in [-0.4, -0.2) is 36.5 Å². The molecule has 0 radical (unpaired) electrons. The molecular weight excluding hydrogens is 314 g/mol. The van der Waals surface area contributed by atoms with Crippen molar-refractivity contribution >= 4 is 23.3 Å². The van der Waals surface area contributed by atoms with E-state index >= 15 is 0 Å². The van der Waals surface area contributed by atoms with E-state index in [-0.39, 0.29) is 11.9 Å². The molecule has 0 aliphatic carbocycles. The van der Waals surface area contributed by atoms with Gasteiger partial charge in [0.05, 0.1) is 0 Å². The van der Waals surface area contributed by atoms with E-state index in [1.807, 2.05) is 62.4 Å². The van der Waals surface area contributed by atoms with Gasteiger partial charge < -0.3 is 15.1 Å². The van der Waals surface area contributed by atoms with Crippen molar-refractivity contribution in [1.29, 1.82) is 0 Å². The summed E-state index contributed by atoms with van der Waals surface area (Å²) in [6.07, 6.45) is 0.629. The second-order valence-electron chi connectivity index (χ2n) is 6.44. The standard InChI is InChI=1S/C20H23N3O2/c1-14-8-7-9-15(2)18(14)21-20(25)22(3)17-12-13-23(19(17)24)16-10-5-4-6-11-16/h4-11,17H,12-13H2,1-3H3,(H,21,25). The minimum atomic E-state index is -0.440. The van der Waals surface area contributed by atoms with Crippen molar-refractivity contribution in [2.75, 3.05) is 23.8 Å². The van der Waals surface area contributed by atoms with Crippen LogP contribution in [0.1, 0.15) is 17.5 Å². The lowest BCUT2D eigenvalue weighted by Crippen LogP contribution is -2.45. The fourth-order valence-electron chi connectivity index (χ4n) is 3.24. The number of amides is 3. The van der Waals surface area contributed by atoms with Crippen LogP contribution < -0.4 is 10.2 Å². The van der Waals surface area contributed by atoms with Gasteiger partial charge >= 0.3 is 6.03 Å². The molecule has 0 bridgehead atoms. The number of nitrogens with zero attached hydrogens (tertiary/aromatic N) is 2. The Bertz CT molecular complexity index is 769. The molecule has 1 atom stereocenters. The van der Waals surface area contributed by atoms with Gasteiger partial charge in [0.2, 0.25) is 5.91 Å². The number of urea groups is 1. The molecule has 2 aromatic rings. The van der Waals surface area contributed by atoms with E-state index in [0.29, 0.717) is 13.0 Å². The lowest BCUT2D eigenvalue weighted by molar-refractivity contribution is -0.120. The molecule has 25 heavy (non-hydrogen) atoms. The van der Waals surface area contributed by atoms with Crippen molar-refractivity contribution in [2.45, 2.75) is 26.3 Å². The second-order valence-corrected chi connectivity index (χ2v) is 6.44. The molecule has 5 heteroatoms. The normalized spacial score (nSPS) is 16.8. The number of nitrogens with one attached hydrogen (secondary N) is 1. The number of rotatable bonds is 3. The monoisotopic (exact) mass is 337 g/mol. The minimum absolute atomic E-state index is 0.0367. The van der Waals surface area contributed by atoms with Crippen LogP contribution in [0.2, 0.25) is 0 Å². The number of hydrogen-bond acceptors (Lipinski definition) is 2. The topological polar surface area (TPSA) is 52.7 Å². The van der Waals surface area contributed by atoms with Crippen molar-refractivity contribution in [3.05, 3.63) is 59.7 Å². The molecule has 1 fully saturated rings. The highest BCUT2D eigenvalue weighted by Gasteiger charge is 2.37. The number of anilines is 2. The van der Waals surface area contributed by atoms with Crippen LogP contribution >= 0.6 is 0 Å². The van der Waals surface area contributed by atoms with Gasteiger partial charge in [-0.15, -0.1) is 0 Å². The molecule has 3 amide bonds. The Morgan fingerprint density at radius 1 is 1.08 bits per heavy atom. The first kappa shape index (κ1) is 17.0. The molecule has 5 nitrogen and oxygen atoms in total. The van der Waals surface area contributed by atoms with E-state index in [1.165, 1.54) is 4.90 Å². The van der Waals surface area contributed by atoms with Crippen LogP contribution in [0, 0.1) is 13.8 Å². The lowest BCUT2D eigenvalue weighted by atomic mass is 10.1. The third-order valence-corrected chi connectivity index (χ3v) is 4.75. The van der Waals surface area contributed by atoms with E-state index in [9.17, 15) is 9.59 Å². The van der Waals surface area contributed by atoms with Crippen molar-refractivity contribution in [3.63, 3.8) is 0 Å². The molecule has 1 aliphatic rings. The first-order valence-electron chi connectivity index (χ1n) is 8.45. The Morgan fingerprint density at radius 2 is 1.72 bits per heavy atom. The Kier molecular flexibility index (Phi) is 4.74. The second kappa shape index (κ2) is 6.97. The number of para-hydroxylation sites is 2. The predicted octanol–water partition coefficient (Wildman–Crippen LogP) is 3.57. The number of carbonyl (C=O) groups excluding carboxylic acids is 2. The van der Waals surface area contributed by atoms with Crippen molar-refractivity contribution in [1.82, 2.24) is 4.90 Å². The third kappa shape index (κ3) is 3.36. The molecule has 1 saturated heterocycles. The van der Waals surface area contributed by atoms with Crippen LogP contribution in [0.4, 0.5) is 16.2 Å².